The predicted molar refractivity (Wildman–Crippen MR) is 66.1 cm³/mol. The Balaban J connectivity index is 1.49. The van der Waals surface area contributed by atoms with E-state index in [-0.39, 0.29) is 0 Å². The summed E-state index contributed by atoms with van der Waals surface area (Å²) in [5.41, 5.74) is 2.74. The summed E-state index contributed by atoms with van der Waals surface area (Å²) >= 11 is 0. The third-order valence-corrected chi connectivity index (χ3v) is 3.76. The van der Waals surface area contributed by atoms with Gasteiger partial charge in [-0.15, -0.1) is 0 Å². The maximum Gasteiger partial charge on any atom is 0.234 e. The van der Waals surface area contributed by atoms with Gasteiger partial charge in [0.05, 0.1) is 12.5 Å². The van der Waals surface area contributed by atoms with Gasteiger partial charge in [0, 0.05) is 6.04 Å². The number of hydrogen-bond acceptors (Lipinski definition) is 4. The van der Waals surface area contributed by atoms with Crippen LogP contribution in [0.15, 0.2) is 28.8 Å². The molecule has 1 aromatic carbocycles. The number of rotatable bonds is 4. The van der Waals surface area contributed by atoms with Crippen LogP contribution in [0.2, 0.25) is 0 Å². The molecule has 1 fully saturated rings. The third-order valence-electron chi connectivity index (χ3n) is 3.76. The van der Waals surface area contributed by atoms with Crippen LogP contribution in [0.3, 0.4) is 0 Å². The molecule has 1 N–H and O–H groups in total. The summed E-state index contributed by atoms with van der Waals surface area (Å²) in [5.74, 6) is 1.85. The zero-order valence-corrected chi connectivity index (χ0v) is 10.1. The normalized spacial score (nSPS) is 21.4. The van der Waals surface area contributed by atoms with Gasteiger partial charge >= 0.3 is 0 Å². The molecule has 1 saturated carbocycles. The van der Waals surface area contributed by atoms with Gasteiger partial charge in [-0.2, -0.15) is 4.98 Å². The van der Waals surface area contributed by atoms with E-state index < -0.39 is 0 Å². The minimum Gasteiger partial charge on any atom is -0.339 e. The van der Waals surface area contributed by atoms with Crippen molar-refractivity contribution >= 4 is 0 Å². The molecule has 2 aromatic rings. The lowest BCUT2D eigenvalue weighted by Gasteiger charge is -2.26. The van der Waals surface area contributed by atoms with Gasteiger partial charge in [-0.25, -0.2) is 0 Å². The summed E-state index contributed by atoms with van der Waals surface area (Å²) in [5, 5.41) is 7.44. The van der Waals surface area contributed by atoms with Crippen LogP contribution in [0.25, 0.3) is 0 Å². The van der Waals surface area contributed by atoms with E-state index in [0.29, 0.717) is 12.0 Å². The van der Waals surface area contributed by atoms with Crippen LogP contribution in [-0.2, 0) is 13.0 Å². The van der Waals surface area contributed by atoms with Gasteiger partial charge in [-0.3, -0.25) is 0 Å². The summed E-state index contributed by atoms with van der Waals surface area (Å²) < 4.78 is 5.38. The van der Waals surface area contributed by atoms with Crippen molar-refractivity contribution in [3.63, 3.8) is 0 Å². The van der Waals surface area contributed by atoms with Gasteiger partial charge in [-0.1, -0.05) is 29.4 Å². The molecule has 18 heavy (non-hydrogen) atoms. The highest BCUT2D eigenvalue weighted by molar-refractivity contribution is 5.43. The number of nitrogens with one attached hydrogen (secondary N) is 1. The molecule has 92 valence electrons. The first-order chi connectivity index (χ1) is 8.90. The van der Waals surface area contributed by atoms with E-state index in [4.69, 9.17) is 4.52 Å². The summed E-state index contributed by atoms with van der Waals surface area (Å²) in [4.78, 5) is 4.49. The fraction of sp³-hybridized carbons (Fsp3) is 0.429. The highest BCUT2D eigenvalue weighted by Crippen LogP contribution is 2.38. The standard InChI is InChI=1S/C14H15N3O/c1-2-4-11-9(3-1)7-12(11)14-16-13(17-18-14)8-15-10-5-6-10/h1-4,10,12,15H,5-8H2. The van der Waals surface area contributed by atoms with Crippen LogP contribution in [0.1, 0.15) is 41.6 Å². The maximum atomic E-state index is 5.38. The first-order valence-corrected chi connectivity index (χ1v) is 6.54. The van der Waals surface area contributed by atoms with Crippen LogP contribution < -0.4 is 5.32 Å². The van der Waals surface area contributed by atoms with Crippen molar-refractivity contribution in [2.75, 3.05) is 0 Å². The van der Waals surface area contributed by atoms with Crippen molar-refractivity contribution < 1.29 is 4.52 Å². The lowest BCUT2D eigenvalue weighted by atomic mass is 9.77. The molecule has 4 rings (SSSR count). The van der Waals surface area contributed by atoms with Crippen molar-refractivity contribution in [3.8, 4) is 0 Å². The molecule has 0 aliphatic heterocycles. The van der Waals surface area contributed by atoms with Crippen molar-refractivity contribution in [1.82, 2.24) is 15.5 Å². The minimum absolute atomic E-state index is 0.309. The molecule has 1 heterocycles. The lowest BCUT2D eigenvalue weighted by Crippen LogP contribution is -2.19. The topological polar surface area (TPSA) is 51.0 Å². The Kier molecular flexibility index (Phi) is 2.23. The Labute approximate surface area is 105 Å². The Morgan fingerprint density at radius 2 is 2.17 bits per heavy atom. The quantitative estimate of drug-likeness (QED) is 0.889. The Morgan fingerprint density at radius 3 is 3.00 bits per heavy atom. The molecule has 0 saturated heterocycles. The van der Waals surface area contributed by atoms with Crippen LogP contribution in [-0.4, -0.2) is 16.2 Å². The minimum atomic E-state index is 0.309. The monoisotopic (exact) mass is 241 g/mol. The molecule has 4 nitrogen and oxygen atoms in total. The summed E-state index contributed by atoms with van der Waals surface area (Å²) in [6, 6.07) is 9.13. The SMILES string of the molecule is c1ccc2c(c1)CC2c1nc(CNC2CC2)no1. The molecular formula is C14H15N3O. The first kappa shape index (κ1) is 10.3. The second-order valence-corrected chi connectivity index (χ2v) is 5.16. The average Bonchev–Trinajstić information content (AvgIpc) is 3.08. The number of hydrogen-bond donors (Lipinski definition) is 1. The Morgan fingerprint density at radius 1 is 1.28 bits per heavy atom. The van der Waals surface area contributed by atoms with E-state index in [0.717, 1.165) is 24.7 Å². The second-order valence-electron chi connectivity index (χ2n) is 5.16. The fourth-order valence-corrected chi connectivity index (χ4v) is 2.48. The van der Waals surface area contributed by atoms with Crippen molar-refractivity contribution in [2.45, 2.75) is 37.8 Å². The van der Waals surface area contributed by atoms with Crippen molar-refractivity contribution in [2.24, 2.45) is 0 Å². The summed E-state index contributed by atoms with van der Waals surface area (Å²) in [6.07, 6.45) is 3.58. The molecule has 4 heteroatoms. The van der Waals surface area contributed by atoms with E-state index in [1.807, 2.05) is 0 Å². The smallest absolute Gasteiger partial charge is 0.234 e. The summed E-state index contributed by atoms with van der Waals surface area (Å²) in [7, 11) is 0. The molecule has 2 aliphatic carbocycles. The number of nitrogens with zero attached hydrogens (tertiary/aromatic N) is 2. The molecule has 0 amide bonds. The molecule has 0 radical (unpaired) electrons. The van der Waals surface area contributed by atoms with Crippen LogP contribution in [0.4, 0.5) is 0 Å². The number of benzene rings is 1. The van der Waals surface area contributed by atoms with Crippen LogP contribution in [0, 0.1) is 0 Å². The molecule has 0 bridgehead atoms. The zero-order chi connectivity index (χ0) is 11.9. The average molecular weight is 241 g/mol. The first-order valence-electron chi connectivity index (χ1n) is 6.54. The van der Waals surface area contributed by atoms with Gasteiger partial charge < -0.3 is 9.84 Å². The molecule has 2 aliphatic rings. The highest BCUT2D eigenvalue weighted by atomic mass is 16.5. The van der Waals surface area contributed by atoms with Crippen LogP contribution >= 0.6 is 0 Å². The Bertz CT molecular complexity index is 574. The predicted octanol–water partition coefficient (Wildman–Crippen LogP) is 2.01. The van der Waals surface area contributed by atoms with Gasteiger partial charge in [0.15, 0.2) is 5.82 Å². The van der Waals surface area contributed by atoms with Gasteiger partial charge in [0.25, 0.3) is 0 Å². The van der Waals surface area contributed by atoms with Crippen molar-refractivity contribution in [1.29, 1.82) is 0 Å². The molecule has 0 spiro atoms. The lowest BCUT2D eigenvalue weighted by molar-refractivity contribution is 0.351. The van der Waals surface area contributed by atoms with Gasteiger partial charge in [0.2, 0.25) is 5.89 Å². The summed E-state index contributed by atoms with van der Waals surface area (Å²) in [6.45, 7) is 0.725. The Hall–Kier alpha value is -1.68. The van der Waals surface area contributed by atoms with Crippen molar-refractivity contribution in [3.05, 3.63) is 47.1 Å². The van der Waals surface area contributed by atoms with E-state index in [1.165, 1.54) is 24.0 Å². The van der Waals surface area contributed by atoms with E-state index in [2.05, 4.69) is 39.7 Å². The number of fused-ring (bicyclic) bond motifs is 1. The van der Waals surface area contributed by atoms with E-state index >= 15 is 0 Å². The third kappa shape index (κ3) is 1.73. The molecule has 1 atom stereocenters. The number of aromatic nitrogens is 2. The largest absolute Gasteiger partial charge is 0.339 e. The second kappa shape index (κ2) is 3.92. The zero-order valence-electron chi connectivity index (χ0n) is 10.1. The van der Waals surface area contributed by atoms with E-state index in [1.54, 1.807) is 0 Å². The molecule has 1 aromatic heterocycles. The molecular weight excluding hydrogens is 226 g/mol. The fourth-order valence-electron chi connectivity index (χ4n) is 2.48. The maximum absolute atomic E-state index is 5.38. The highest BCUT2D eigenvalue weighted by Gasteiger charge is 2.31. The van der Waals surface area contributed by atoms with E-state index in [9.17, 15) is 0 Å². The van der Waals surface area contributed by atoms with Crippen LogP contribution in [0.5, 0.6) is 0 Å². The molecule has 1 unspecified atom stereocenters. The van der Waals surface area contributed by atoms with Gasteiger partial charge in [0.1, 0.15) is 0 Å². The van der Waals surface area contributed by atoms with Gasteiger partial charge in [-0.05, 0) is 30.4 Å².